The Labute approximate surface area is 148 Å². The summed E-state index contributed by atoms with van der Waals surface area (Å²) >= 11 is 0. The van der Waals surface area contributed by atoms with Gasteiger partial charge in [0.1, 0.15) is 0 Å². The van der Waals surface area contributed by atoms with E-state index in [1.807, 2.05) is 6.07 Å². The lowest BCUT2D eigenvalue weighted by molar-refractivity contribution is -0.120. The van der Waals surface area contributed by atoms with Gasteiger partial charge in [0.2, 0.25) is 15.9 Å². The van der Waals surface area contributed by atoms with Crippen LogP contribution in [-0.4, -0.2) is 25.9 Å². The van der Waals surface area contributed by atoms with E-state index in [1.54, 1.807) is 42.7 Å². The number of nitrogens with zero attached hydrogens (tertiary/aromatic N) is 1. The van der Waals surface area contributed by atoms with Crippen LogP contribution in [0.15, 0.2) is 53.7 Å². The lowest BCUT2D eigenvalue weighted by Gasteiger charge is -2.19. The molecule has 0 fully saturated rings. The molecule has 0 bridgehead atoms. The molecule has 2 N–H and O–H groups in total. The van der Waals surface area contributed by atoms with Crippen molar-refractivity contribution in [1.29, 1.82) is 0 Å². The summed E-state index contributed by atoms with van der Waals surface area (Å²) in [6, 6.07) is 10.3. The fourth-order valence-corrected chi connectivity index (χ4v) is 3.13. The first-order valence-electron chi connectivity index (χ1n) is 7.94. The van der Waals surface area contributed by atoms with Gasteiger partial charge >= 0.3 is 0 Å². The van der Waals surface area contributed by atoms with Crippen molar-refractivity contribution >= 4 is 15.9 Å². The van der Waals surface area contributed by atoms with Crippen LogP contribution in [0.5, 0.6) is 0 Å². The van der Waals surface area contributed by atoms with Gasteiger partial charge in [0, 0.05) is 18.9 Å². The standard InChI is InChI=1S/C18H23N3O3S/c1-18(2,3)15-6-8-16(9-7-15)25(23,24)21-13-17(22)20-12-14-5-4-10-19-11-14/h4-11,21H,12-13H2,1-3H3,(H,20,22). The van der Waals surface area contributed by atoms with Crippen LogP contribution in [0.1, 0.15) is 31.9 Å². The second-order valence-electron chi connectivity index (χ2n) is 6.74. The van der Waals surface area contributed by atoms with Crippen LogP contribution in [-0.2, 0) is 26.8 Å². The molecule has 0 radical (unpaired) electrons. The number of aromatic nitrogens is 1. The summed E-state index contributed by atoms with van der Waals surface area (Å²) in [5, 5.41) is 2.65. The van der Waals surface area contributed by atoms with Gasteiger partial charge in [-0.1, -0.05) is 39.0 Å². The van der Waals surface area contributed by atoms with Crippen LogP contribution >= 0.6 is 0 Å². The summed E-state index contributed by atoms with van der Waals surface area (Å²) in [7, 11) is -3.72. The van der Waals surface area contributed by atoms with Crippen molar-refractivity contribution in [1.82, 2.24) is 15.0 Å². The predicted molar refractivity (Wildman–Crippen MR) is 96.4 cm³/mol. The van der Waals surface area contributed by atoms with Crippen molar-refractivity contribution in [3.8, 4) is 0 Å². The molecule has 134 valence electrons. The first kappa shape index (κ1) is 19.1. The highest BCUT2D eigenvalue weighted by atomic mass is 32.2. The highest BCUT2D eigenvalue weighted by molar-refractivity contribution is 7.89. The summed E-state index contributed by atoms with van der Waals surface area (Å²) in [5.74, 6) is -0.404. The van der Waals surface area contributed by atoms with Crippen molar-refractivity contribution in [2.75, 3.05) is 6.54 Å². The van der Waals surface area contributed by atoms with E-state index in [0.717, 1.165) is 11.1 Å². The van der Waals surface area contributed by atoms with Gasteiger partial charge in [0.25, 0.3) is 0 Å². The van der Waals surface area contributed by atoms with Crippen LogP contribution in [0.25, 0.3) is 0 Å². The van der Waals surface area contributed by atoms with Crippen LogP contribution in [0, 0.1) is 0 Å². The highest BCUT2D eigenvalue weighted by Gasteiger charge is 2.18. The molecule has 1 aromatic heterocycles. The number of hydrogen-bond donors (Lipinski definition) is 2. The molecule has 1 amide bonds. The molecule has 2 aromatic rings. The molecule has 0 aliphatic carbocycles. The number of benzene rings is 1. The smallest absolute Gasteiger partial charge is 0.241 e. The number of pyridine rings is 1. The minimum Gasteiger partial charge on any atom is -0.351 e. The molecule has 25 heavy (non-hydrogen) atoms. The largest absolute Gasteiger partial charge is 0.351 e. The van der Waals surface area contributed by atoms with E-state index in [0.29, 0.717) is 6.54 Å². The Morgan fingerprint density at radius 2 is 1.80 bits per heavy atom. The van der Waals surface area contributed by atoms with Gasteiger partial charge in [-0.05, 0) is 34.7 Å². The Bertz CT molecular complexity index is 811. The Hall–Kier alpha value is -2.25. The molecule has 2 rings (SSSR count). The zero-order valence-electron chi connectivity index (χ0n) is 14.6. The number of sulfonamides is 1. The van der Waals surface area contributed by atoms with E-state index in [1.165, 1.54) is 0 Å². The molecule has 0 aliphatic rings. The fourth-order valence-electron chi connectivity index (χ4n) is 2.14. The molecule has 1 heterocycles. The van der Waals surface area contributed by atoms with Crippen molar-refractivity contribution in [3.05, 3.63) is 59.9 Å². The molecular formula is C18H23N3O3S. The number of rotatable bonds is 6. The molecule has 0 saturated carbocycles. The van der Waals surface area contributed by atoms with Gasteiger partial charge in [0.15, 0.2) is 0 Å². The monoisotopic (exact) mass is 361 g/mol. The summed E-state index contributed by atoms with van der Waals surface area (Å²) in [4.78, 5) is 15.9. The normalized spacial score (nSPS) is 12.0. The molecule has 6 nitrogen and oxygen atoms in total. The topological polar surface area (TPSA) is 88.2 Å². The second-order valence-corrected chi connectivity index (χ2v) is 8.50. The van der Waals surface area contributed by atoms with Gasteiger partial charge in [-0.15, -0.1) is 0 Å². The molecule has 7 heteroatoms. The number of carbonyl (C=O) groups excluding carboxylic acids is 1. The van der Waals surface area contributed by atoms with Crippen molar-refractivity contribution in [3.63, 3.8) is 0 Å². The van der Waals surface area contributed by atoms with Gasteiger partial charge < -0.3 is 5.32 Å². The fraction of sp³-hybridized carbons (Fsp3) is 0.333. The van der Waals surface area contributed by atoms with E-state index in [-0.39, 0.29) is 16.9 Å². The quantitative estimate of drug-likeness (QED) is 0.823. The Kier molecular flexibility index (Phi) is 5.92. The van der Waals surface area contributed by atoms with E-state index >= 15 is 0 Å². The summed E-state index contributed by atoms with van der Waals surface area (Å²) < 4.78 is 26.9. The maximum absolute atomic E-state index is 12.3. The molecule has 1 aromatic carbocycles. The summed E-state index contributed by atoms with van der Waals surface area (Å²) in [5.41, 5.74) is 1.83. The predicted octanol–water partition coefficient (Wildman–Crippen LogP) is 1.97. The van der Waals surface area contributed by atoms with Crippen molar-refractivity contribution in [2.45, 2.75) is 37.6 Å². The Morgan fingerprint density at radius 3 is 2.36 bits per heavy atom. The van der Waals surface area contributed by atoms with Crippen LogP contribution in [0.2, 0.25) is 0 Å². The molecular weight excluding hydrogens is 338 g/mol. The molecule has 0 saturated heterocycles. The minimum atomic E-state index is -3.72. The molecule has 0 spiro atoms. The Balaban J connectivity index is 1.91. The Morgan fingerprint density at radius 1 is 1.12 bits per heavy atom. The van der Waals surface area contributed by atoms with E-state index in [2.05, 4.69) is 35.8 Å². The first-order valence-corrected chi connectivity index (χ1v) is 9.42. The van der Waals surface area contributed by atoms with Crippen LogP contribution < -0.4 is 10.0 Å². The number of amides is 1. The number of carbonyl (C=O) groups is 1. The average Bonchev–Trinajstić information content (AvgIpc) is 2.58. The summed E-state index contributed by atoms with van der Waals surface area (Å²) in [6.07, 6.45) is 3.28. The van der Waals surface area contributed by atoms with Crippen molar-refractivity contribution < 1.29 is 13.2 Å². The lowest BCUT2D eigenvalue weighted by Crippen LogP contribution is -2.36. The third kappa shape index (κ3) is 5.65. The van der Waals surface area contributed by atoms with Gasteiger partial charge in [-0.2, -0.15) is 0 Å². The van der Waals surface area contributed by atoms with Crippen molar-refractivity contribution in [2.24, 2.45) is 0 Å². The number of hydrogen-bond acceptors (Lipinski definition) is 4. The van der Waals surface area contributed by atoms with Gasteiger partial charge in [-0.3, -0.25) is 9.78 Å². The third-order valence-corrected chi connectivity index (χ3v) is 5.08. The first-order chi connectivity index (χ1) is 11.7. The minimum absolute atomic E-state index is 0.0537. The van der Waals surface area contributed by atoms with Crippen LogP contribution in [0.3, 0.4) is 0 Å². The molecule has 0 aliphatic heterocycles. The average molecular weight is 361 g/mol. The van der Waals surface area contributed by atoms with Gasteiger partial charge in [0.05, 0.1) is 11.4 Å². The third-order valence-electron chi connectivity index (χ3n) is 3.67. The van der Waals surface area contributed by atoms with Crippen LogP contribution in [0.4, 0.5) is 0 Å². The molecule has 0 atom stereocenters. The van der Waals surface area contributed by atoms with E-state index in [9.17, 15) is 13.2 Å². The van der Waals surface area contributed by atoms with E-state index < -0.39 is 15.9 Å². The maximum atomic E-state index is 12.3. The molecule has 0 unspecified atom stereocenters. The van der Waals surface area contributed by atoms with E-state index in [4.69, 9.17) is 0 Å². The zero-order valence-corrected chi connectivity index (χ0v) is 15.4. The highest BCUT2D eigenvalue weighted by Crippen LogP contribution is 2.23. The summed E-state index contributed by atoms with van der Waals surface area (Å²) in [6.45, 7) is 6.16. The maximum Gasteiger partial charge on any atom is 0.241 e. The SMILES string of the molecule is CC(C)(C)c1ccc(S(=O)(=O)NCC(=O)NCc2cccnc2)cc1. The van der Waals surface area contributed by atoms with Gasteiger partial charge in [-0.25, -0.2) is 13.1 Å². The lowest BCUT2D eigenvalue weighted by atomic mass is 9.87. The second kappa shape index (κ2) is 7.76. The zero-order chi connectivity index (χ0) is 18.5. The number of nitrogens with one attached hydrogen (secondary N) is 2.